The van der Waals surface area contributed by atoms with Gasteiger partial charge in [-0.3, -0.25) is 4.68 Å². The number of hydrogen-bond donors (Lipinski definition) is 1. The summed E-state index contributed by atoms with van der Waals surface area (Å²) in [5, 5.41) is 7.59. The van der Waals surface area contributed by atoms with E-state index in [4.69, 9.17) is 4.74 Å². The van der Waals surface area contributed by atoms with Crippen molar-refractivity contribution in [2.75, 3.05) is 6.54 Å². The zero-order chi connectivity index (χ0) is 13.5. The molecule has 0 radical (unpaired) electrons. The minimum absolute atomic E-state index is 0.789. The molecular formula is C15H21N3O. The Balaban J connectivity index is 2.08. The summed E-state index contributed by atoms with van der Waals surface area (Å²) in [6, 6.07) is 8.08. The van der Waals surface area contributed by atoms with Gasteiger partial charge in [-0.25, -0.2) is 0 Å². The molecule has 0 bridgehead atoms. The van der Waals surface area contributed by atoms with Gasteiger partial charge >= 0.3 is 0 Å². The van der Waals surface area contributed by atoms with Gasteiger partial charge in [0, 0.05) is 18.7 Å². The van der Waals surface area contributed by atoms with Crippen LogP contribution in [0.25, 0.3) is 0 Å². The smallest absolute Gasteiger partial charge is 0.165 e. The van der Waals surface area contributed by atoms with Crippen LogP contribution in [0.15, 0.2) is 36.7 Å². The van der Waals surface area contributed by atoms with E-state index in [0.29, 0.717) is 0 Å². The average Bonchev–Trinajstić information content (AvgIpc) is 2.86. The number of para-hydroxylation sites is 1. The zero-order valence-electron chi connectivity index (χ0n) is 11.6. The van der Waals surface area contributed by atoms with Gasteiger partial charge in [0.15, 0.2) is 5.75 Å². The molecule has 0 atom stereocenters. The summed E-state index contributed by atoms with van der Waals surface area (Å²) in [7, 11) is 0. The number of ether oxygens (including phenoxy) is 1. The van der Waals surface area contributed by atoms with Crippen molar-refractivity contribution in [3.63, 3.8) is 0 Å². The molecule has 0 aliphatic rings. The Kier molecular flexibility index (Phi) is 4.98. The second-order valence-electron chi connectivity index (χ2n) is 4.43. The van der Waals surface area contributed by atoms with Crippen LogP contribution in [0.2, 0.25) is 0 Å². The van der Waals surface area contributed by atoms with E-state index in [1.807, 2.05) is 29.1 Å². The van der Waals surface area contributed by atoms with Crippen LogP contribution in [0.3, 0.4) is 0 Å². The van der Waals surface area contributed by atoms with E-state index in [9.17, 15) is 0 Å². The van der Waals surface area contributed by atoms with Gasteiger partial charge in [-0.05, 0) is 19.0 Å². The maximum Gasteiger partial charge on any atom is 0.165 e. The highest BCUT2D eigenvalue weighted by atomic mass is 16.5. The molecule has 1 N–H and O–H groups in total. The minimum Gasteiger partial charge on any atom is -0.454 e. The van der Waals surface area contributed by atoms with Crippen molar-refractivity contribution in [3.05, 3.63) is 42.2 Å². The van der Waals surface area contributed by atoms with Crippen molar-refractivity contribution in [2.45, 2.75) is 33.4 Å². The maximum atomic E-state index is 5.91. The molecule has 0 spiro atoms. The molecule has 1 aromatic carbocycles. The average molecular weight is 259 g/mol. The first-order valence-corrected chi connectivity index (χ1v) is 6.82. The predicted octanol–water partition coefficient (Wildman–Crippen LogP) is 3.19. The molecule has 0 aliphatic carbocycles. The second kappa shape index (κ2) is 6.95. The van der Waals surface area contributed by atoms with Crippen molar-refractivity contribution in [1.29, 1.82) is 0 Å². The second-order valence-corrected chi connectivity index (χ2v) is 4.43. The summed E-state index contributed by atoms with van der Waals surface area (Å²) in [5.74, 6) is 1.68. The molecule has 102 valence electrons. The van der Waals surface area contributed by atoms with Crippen LogP contribution in [0.5, 0.6) is 11.5 Å². The van der Waals surface area contributed by atoms with Crippen LogP contribution < -0.4 is 10.1 Å². The van der Waals surface area contributed by atoms with Crippen molar-refractivity contribution in [1.82, 2.24) is 15.1 Å². The number of nitrogens with zero attached hydrogens (tertiary/aromatic N) is 2. The Labute approximate surface area is 114 Å². The normalized spacial score (nSPS) is 10.6. The van der Waals surface area contributed by atoms with Crippen molar-refractivity contribution in [3.8, 4) is 11.5 Å². The van der Waals surface area contributed by atoms with E-state index < -0.39 is 0 Å². The van der Waals surface area contributed by atoms with Crippen molar-refractivity contribution in [2.24, 2.45) is 0 Å². The highest BCUT2D eigenvalue weighted by Crippen LogP contribution is 2.24. The fourth-order valence-corrected chi connectivity index (χ4v) is 1.88. The molecule has 1 heterocycles. The molecular weight excluding hydrogens is 238 g/mol. The molecule has 19 heavy (non-hydrogen) atoms. The van der Waals surface area contributed by atoms with Crippen LogP contribution in [-0.2, 0) is 13.1 Å². The van der Waals surface area contributed by atoms with E-state index in [0.717, 1.165) is 43.1 Å². The topological polar surface area (TPSA) is 39.1 Å². The van der Waals surface area contributed by atoms with Crippen LogP contribution in [0.4, 0.5) is 0 Å². The van der Waals surface area contributed by atoms with Crippen molar-refractivity contribution >= 4 is 0 Å². The lowest BCUT2D eigenvalue weighted by molar-refractivity contribution is 0.471. The number of aryl methyl sites for hydroxylation is 1. The van der Waals surface area contributed by atoms with Gasteiger partial charge in [0.2, 0.25) is 0 Å². The monoisotopic (exact) mass is 259 g/mol. The van der Waals surface area contributed by atoms with Gasteiger partial charge in [0.05, 0.1) is 12.4 Å². The third-order valence-electron chi connectivity index (χ3n) is 2.83. The number of rotatable bonds is 7. The van der Waals surface area contributed by atoms with Crippen LogP contribution in [-0.4, -0.2) is 16.3 Å². The molecule has 2 rings (SSSR count). The van der Waals surface area contributed by atoms with Crippen LogP contribution >= 0.6 is 0 Å². The summed E-state index contributed by atoms with van der Waals surface area (Å²) in [6.45, 7) is 6.91. The lowest BCUT2D eigenvalue weighted by Gasteiger charge is -2.09. The highest BCUT2D eigenvalue weighted by molar-refractivity contribution is 5.36. The number of benzene rings is 1. The molecule has 0 amide bonds. The molecule has 4 heteroatoms. The summed E-state index contributed by atoms with van der Waals surface area (Å²) in [4.78, 5) is 0. The van der Waals surface area contributed by atoms with E-state index >= 15 is 0 Å². The van der Waals surface area contributed by atoms with E-state index in [1.54, 1.807) is 6.20 Å². The van der Waals surface area contributed by atoms with E-state index in [2.05, 4.69) is 30.3 Å². The van der Waals surface area contributed by atoms with Gasteiger partial charge in [0.1, 0.15) is 5.75 Å². The quantitative estimate of drug-likeness (QED) is 0.830. The molecule has 0 saturated carbocycles. The molecule has 0 unspecified atom stereocenters. The summed E-state index contributed by atoms with van der Waals surface area (Å²) in [6.07, 6.45) is 4.77. The first-order chi connectivity index (χ1) is 9.33. The third kappa shape index (κ3) is 3.83. The number of hydrogen-bond acceptors (Lipinski definition) is 3. The molecule has 0 saturated heterocycles. The van der Waals surface area contributed by atoms with Crippen LogP contribution in [0, 0.1) is 0 Å². The highest BCUT2D eigenvalue weighted by Gasteiger charge is 2.05. The van der Waals surface area contributed by atoms with Gasteiger partial charge in [-0.1, -0.05) is 32.0 Å². The molecule has 0 aliphatic heterocycles. The lowest BCUT2D eigenvalue weighted by Crippen LogP contribution is -2.12. The Morgan fingerprint density at radius 2 is 2.11 bits per heavy atom. The SMILES string of the molecule is CCCn1cc(Oc2ccccc2CNCC)cn1. The third-order valence-corrected chi connectivity index (χ3v) is 2.83. The number of aromatic nitrogens is 2. The molecule has 1 aromatic heterocycles. The standard InChI is InChI=1S/C15H21N3O/c1-3-9-18-12-14(11-17-18)19-15-8-6-5-7-13(15)10-16-4-2/h5-8,11-12,16H,3-4,9-10H2,1-2H3. The fraction of sp³-hybridized carbons (Fsp3) is 0.400. The number of nitrogens with one attached hydrogen (secondary N) is 1. The van der Waals surface area contributed by atoms with E-state index in [1.165, 1.54) is 0 Å². The Morgan fingerprint density at radius 3 is 2.89 bits per heavy atom. The fourth-order valence-electron chi connectivity index (χ4n) is 1.88. The minimum atomic E-state index is 0.789. The van der Waals surface area contributed by atoms with E-state index in [-0.39, 0.29) is 0 Å². The van der Waals surface area contributed by atoms with Gasteiger partial charge in [-0.15, -0.1) is 0 Å². The summed E-state index contributed by atoms with van der Waals surface area (Å²) < 4.78 is 7.82. The first-order valence-electron chi connectivity index (χ1n) is 6.82. The van der Waals surface area contributed by atoms with Gasteiger partial charge < -0.3 is 10.1 Å². The van der Waals surface area contributed by atoms with Gasteiger partial charge in [-0.2, -0.15) is 5.10 Å². The summed E-state index contributed by atoms with van der Waals surface area (Å²) >= 11 is 0. The molecule has 4 nitrogen and oxygen atoms in total. The Bertz CT molecular complexity index is 508. The maximum absolute atomic E-state index is 5.91. The van der Waals surface area contributed by atoms with Gasteiger partial charge in [0.25, 0.3) is 0 Å². The first kappa shape index (κ1) is 13.6. The molecule has 2 aromatic rings. The largest absolute Gasteiger partial charge is 0.454 e. The predicted molar refractivity (Wildman–Crippen MR) is 76.4 cm³/mol. The zero-order valence-corrected chi connectivity index (χ0v) is 11.6. The van der Waals surface area contributed by atoms with Crippen molar-refractivity contribution < 1.29 is 4.74 Å². The lowest BCUT2D eigenvalue weighted by atomic mass is 10.2. The molecule has 0 fully saturated rings. The Hall–Kier alpha value is -1.81. The summed E-state index contributed by atoms with van der Waals surface area (Å²) in [5.41, 5.74) is 1.16. The Morgan fingerprint density at radius 1 is 1.26 bits per heavy atom. The van der Waals surface area contributed by atoms with Crippen LogP contribution in [0.1, 0.15) is 25.8 Å².